The number of guanidine groups is 1. The highest BCUT2D eigenvalue weighted by Gasteiger charge is 2.23. The first kappa shape index (κ1) is 19.8. The van der Waals surface area contributed by atoms with Crippen LogP contribution in [0.4, 0.5) is 0 Å². The number of hydrogen-bond donors (Lipinski definition) is 2. The van der Waals surface area contributed by atoms with E-state index < -0.39 is 0 Å². The summed E-state index contributed by atoms with van der Waals surface area (Å²) < 4.78 is 5.34. The van der Waals surface area contributed by atoms with Gasteiger partial charge in [-0.3, -0.25) is 9.89 Å². The van der Waals surface area contributed by atoms with E-state index in [1.807, 2.05) is 12.1 Å². The zero-order chi connectivity index (χ0) is 15.8. The molecule has 0 spiro atoms. The van der Waals surface area contributed by atoms with Crippen LogP contribution >= 0.6 is 24.0 Å². The van der Waals surface area contributed by atoms with Crippen LogP contribution in [0, 0.1) is 0 Å². The van der Waals surface area contributed by atoms with Crippen LogP contribution in [-0.2, 0) is 0 Å². The number of methoxy groups -OCH3 is 1. The van der Waals surface area contributed by atoms with Crippen molar-refractivity contribution in [2.24, 2.45) is 10.7 Å². The van der Waals surface area contributed by atoms with Gasteiger partial charge in [-0.25, -0.2) is 0 Å². The topological polar surface area (TPSA) is 62.9 Å². The molecular formula is C17H27IN4O. The van der Waals surface area contributed by atoms with Crippen LogP contribution in [0.5, 0.6) is 5.75 Å². The third-order valence-electron chi connectivity index (χ3n) is 3.92. The molecule has 3 N–H and O–H groups in total. The molecule has 1 fully saturated rings. The molecule has 1 aliphatic rings. The molecule has 1 atom stereocenters. The van der Waals surface area contributed by atoms with E-state index in [1.165, 1.54) is 18.4 Å². The number of nitrogens with two attached hydrogens (primary N) is 1. The average Bonchev–Trinajstić information content (AvgIpc) is 3.07. The Kier molecular flexibility index (Phi) is 9.01. The van der Waals surface area contributed by atoms with Gasteiger partial charge in [0, 0.05) is 6.54 Å². The molecule has 2 rings (SSSR count). The average molecular weight is 430 g/mol. The molecule has 0 radical (unpaired) electrons. The minimum absolute atomic E-state index is 0. The predicted molar refractivity (Wildman–Crippen MR) is 107 cm³/mol. The second-order valence-corrected chi connectivity index (χ2v) is 5.43. The van der Waals surface area contributed by atoms with Gasteiger partial charge < -0.3 is 15.8 Å². The zero-order valence-electron chi connectivity index (χ0n) is 13.7. The number of ether oxygens (including phenoxy) is 1. The maximum absolute atomic E-state index is 5.89. The number of benzene rings is 1. The van der Waals surface area contributed by atoms with Crippen LogP contribution in [0.1, 0.15) is 24.4 Å². The molecule has 1 unspecified atom stereocenters. The monoisotopic (exact) mass is 430 g/mol. The third kappa shape index (κ3) is 6.02. The van der Waals surface area contributed by atoms with Crippen molar-refractivity contribution >= 4 is 29.9 Å². The fourth-order valence-electron chi connectivity index (χ4n) is 2.75. The Morgan fingerprint density at radius 3 is 2.87 bits per heavy atom. The highest BCUT2D eigenvalue weighted by molar-refractivity contribution is 14.0. The number of nitrogens with zero attached hydrogens (tertiary/aromatic N) is 2. The van der Waals surface area contributed by atoms with Gasteiger partial charge in [0.1, 0.15) is 5.75 Å². The lowest BCUT2D eigenvalue weighted by Crippen LogP contribution is -2.34. The van der Waals surface area contributed by atoms with Gasteiger partial charge in [0.25, 0.3) is 0 Å². The predicted octanol–water partition coefficient (Wildman–Crippen LogP) is 2.54. The zero-order valence-corrected chi connectivity index (χ0v) is 16.0. The molecule has 0 saturated carbocycles. The van der Waals surface area contributed by atoms with Gasteiger partial charge in [0.05, 0.1) is 19.7 Å². The molecule has 1 aromatic carbocycles. The number of hydrogen-bond acceptors (Lipinski definition) is 3. The molecular weight excluding hydrogens is 403 g/mol. The van der Waals surface area contributed by atoms with Gasteiger partial charge in [-0.05, 0) is 43.6 Å². The molecule has 128 valence electrons. The largest absolute Gasteiger partial charge is 0.497 e. The van der Waals surface area contributed by atoms with E-state index in [-0.39, 0.29) is 30.0 Å². The molecule has 0 aromatic heterocycles. The van der Waals surface area contributed by atoms with Crippen LogP contribution in [0.3, 0.4) is 0 Å². The summed E-state index contributed by atoms with van der Waals surface area (Å²) in [6.45, 7) is 7.15. The number of nitrogens with one attached hydrogen (secondary N) is 1. The highest BCUT2D eigenvalue weighted by atomic mass is 127. The SMILES string of the molecule is C=CCNC(N)=NCC(c1cccc(OC)c1)N1CCCC1.I. The molecule has 6 heteroatoms. The van der Waals surface area contributed by atoms with Gasteiger partial charge in [0.2, 0.25) is 0 Å². The van der Waals surface area contributed by atoms with Crippen molar-refractivity contribution in [1.29, 1.82) is 0 Å². The Hall–Kier alpha value is -1.28. The standard InChI is InChI=1S/C17H26N4O.HI/c1-3-9-19-17(18)20-13-16(21-10-4-5-11-21)14-7-6-8-15(12-14)22-2;/h3,6-8,12,16H,1,4-5,9-11,13H2,2H3,(H3,18,19,20);1H. The summed E-state index contributed by atoms with van der Waals surface area (Å²) in [4.78, 5) is 6.96. The van der Waals surface area contributed by atoms with Crippen molar-refractivity contribution in [2.45, 2.75) is 18.9 Å². The van der Waals surface area contributed by atoms with E-state index in [0.717, 1.165) is 18.8 Å². The molecule has 0 aliphatic carbocycles. The van der Waals surface area contributed by atoms with Crippen LogP contribution in [0.2, 0.25) is 0 Å². The van der Waals surface area contributed by atoms with Crippen molar-refractivity contribution in [3.05, 3.63) is 42.5 Å². The first-order valence-electron chi connectivity index (χ1n) is 7.77. The Morgan fingerprint density at radius 1 is 1.48 bits per heavy atom. The maximum Gasteiger partial charge on any atom is 0.188 e. The van der Waals surface area contributed by atoms with Crippen LogP contribution in [0.15, 0.2) is 41.9 Å². The Morgan fingerprint density at radius 2 is 2.22 bits per heavy atom. The second kappa shape index (κ2) is 10.5. The Balaban J connectivity index is 0.00000264. The molecule has 1 aromatic rings. The van der Waals surface area contributed by atoms with Crippen molar-refractivity contribution in [2.75, 3.05) is 33.3 Å². The number of rotatable bonds is 7. The van der Waals surface area contributed by atoms with E-state index in [2.05, 4.69) is 33.9 Å². The normalized spacial score (nSPS) is 16.5. The second-order valence-electron chi connectivity index (χ2n) is 5.43. The summed E-state index contributed by atoms with van der Waals surface area (Å²) in [6.07, 6.45) is 4.26. The van der Waals surface area contributed by atoms with Gasteiger partial charge in [-0.15, -0.1) is 30.6 Å². The van der Waals surface area contributed by atoms with Gasteiger partial charge >= 0.3 is 0 Å². The van der Waals surface area contributed by atoms with E-state index in [1.54, 1.807) is 13.2 Å². The maximum atomic E-state index is 5.89. The van der Waals surface area contributed by atoms with E-state index in [9.17, 15) is 0 Å². The lowest BCUT2D eigenvalue weighted by atomic mass is 10.1. The molecule has 1 aliphatic heterocycles. The third-order valence-corrected chi connectivity index (χ3v) is 3.92. The molecule has 1 saturated heterocycles. The van der Waals surface area contributed by atoms with Crippen LogP contribution in [-0.4, -0.2) is 44.1 Å². The summed E-state index contributed by atoms with van der Waals surface area (Å²) in [5.74, 6) is 1.34. The summed E-state index contributed by atoms with van der Waals surface area (Å²) >= 11 is 0. The van der Waals surface area contributed by atoms with Crippen molar-refractivity contribution < 1.29 is 4.74 Å². The smallest absolute Gasteiger partial charge is 0.188 e. The molecule has 0 amide bonds. The molecule has 5 nitrogen and oxygen atoms in total. The lowest BCUT2D eigenvalue weighted by molar-refractivity contribution is 0.251. The molecule has 1 heterocycles. The number of likely N-dealkylation sites (tertiary alicyclic amines) is 1. The molecule has 23 heavy (non-hydrogen) atoms. The fraction of sp³-hybridized carbons (Fsp3) is 0.471. The van der Waals surface area contributed by atoms with Gasteiger partial charge in [0.15, 0.2) is 5.96 Å². The lowest BCUT2D eigenvalue weighted by Gasteiger charge is -2.27. The fourth-order valence-corrected chi connectivity index (χ4v) is 2.75. The summed E-state index contributed by atoms with van der Waals surface area (Å²) in [6, 6.07) is 8.45. The Labute approximate surface area is 156 Å². The first-order chi connectivity index (χ1) is 10.7. The quantitative estimate of drug-likeness (QED) is 0.302. The first-order valence-corrected chi connectivity index (χ1v) is 7.77. The summed E-state index contributed by atoms with van der Waals surface area (Å²) in [7, 11) is 1.69. The van der Waals surface area contributed by atoms with E-state index in [0.29, 0.717) is 19.0 Å². The molecule has 0 bridgehead atoms. The van der Waals surface area contributed by atoms with Crippen molar-refractivity contribution in [3.63, 3.8) is 0 Å². The van der Waals surface area contributed by atoms with Gasteiger partial charge in [-0.2, -0.15) is 0 Å². The summed E-state index contributed by atoms with van der Waals surface area (Å²) in [5.41, 5.74) is 7.11. The van der Waals surface area contributed by atoms with E-state index >= 15 is 0 Å². The minimum Gasteiger partial charge on any atom is -0.497 e. The number of aliphatic imine (C=N–C) groups is 1. The van der Waals surface area contributed by atoms with Crippen LogP contribution < -0.4 is 15.8 Å². The minimum atomic E-state index is 0. The highest BCUT2D eigenvalue weighted by Crippen LogP contribution is 2.27. The number of halogens is 1. The van der Waals surface area contributed by atoms with Crippen LogP contribution in [0.25, 0.3) is 0 Å². The van der Waals surface area contributed by atoms with E-state index in [4.69, 9.17) is 10.5 Å². The van der Waals surface area contributed by atoms with Gasteiger partial charge in [-0.1, -0.05) is 18.2 Å². The summed E-state index contributed by atoms with van der Waals surface area (Å²) in [5, 5.41) is 3.02. The van der Waals surface area contributed by atoms with Crippen molar-refractivity contribution in [3.8, 4) is 5.75 Å². The Bertz CT molecular complexity index is 515. The van der Waals surface area contributed by atoms with Crippen molar-refractivity contribution in [1.82, 2.24) is 10.2 Å².